The number of aryl methyl sites for hydroxylation is 1. The molecule has 0 aromatic heterocycles. The van der Waals surface area contributed by atoms with E-state index >= 15 is 0 Å². The van der Waals surface area contributed by atoms with Gasteiger partial charge in [0.05, 0.1) is 0 Å². The van der Waals surface area contributed by atoms with Gasteiger partial charge < -0.3 is 10.5 Å². The fourth-order valence-electron chi connectivity index (χ4n) is 5.42. The van der Waals surface area contributed by atoms with E-state index in [0.29, 0.717) is 13.2 Å². The minimum atomic E-state index is 0.448. The summed E-state index contributed by atoms with van der Waals surface area (Å²) in [5.74, 6) is 0.856. The molecule has 4 aromatic rings. The van der Waals surface area contributed by atoms with Crippen molar-refractivity contribution in [1.82, 2.24) is 0 Å². The highest BCUT2D eigenvalue weighted by Crippen LogP contribution is 2.40. The predicted octanol–water partition coefficient (Wildman–Crippen LogP) is 7.59. The summed E-state index contributed by atoms with van der Waals surface area (Å²) in [5.41, 5.74) is 16.7. The molecule has 0 heterocycles. The third-order valence-corrected chi connectivity index (χ3v) is 7.23. The standard InChI is InChI=1S/C32H29NO/c33-20-27-19-25(13-17-32(27)34-21-22-6-2-1-3-7-22)24-11-14-29-26(18-24)12-16-30-28-9-5-4-8-23(28)10-15-31(29)30/h1-3,5-7,9,11-14,16-19H,4,8,10,15,20-21,33H2. The summed E-state index contributed by atoms with van der Waals surface area (Å²) >= 11 is 0. The van der Waals surface area contributed by atoms with Crippen molar-refractivity contribution in [3.05, 3.63) is 119 Å². The highest BCUT2D eigenvalue weighted by Gasteiger charge is 2.20. The molecule has 2 aliphatic rings. The van der Waals surface area contributed by atoms with Gasteiger partial charge in [0.2, 0.25) is 0 Å². The molecule has 0 atom stereocenters. The molecule has 34 heavy (non-hydrogen) atoms. The Labute approximate surface area is 201 Å². The van der Waals surface area contributed by atoms with Crippen LogP contribution in [0.25, 0.3) is 27.5 Å². The molecule has 2 nitrogen and oxygen atoms in total. The monoisotopic (exact) mass is 443 g/mol. The van der Waals surface area contributed by atoms with Crippen molar-refractivity contribution in [2.45, 2.75) is 38.8 Å². The van der Waals surface area contributed by atoms with E-state index in [1.54, 1.807) is 5.57 Å². The smallest absolute Gasteiger partial charge is 0.124 e. The van der Waals surface area contributed by atoms with Crippen molar-refractivity contribution in [1.29, 1.82) is 0 Å². The first kappa shape index (κ1) is 20.9. The number of benzene rings is 4. The van der Waals surface area contributed by atoms with Gasteiger partial charge in [-0.3, -0.25) is 0 Å². The van der Waals surface area contributed by atoms with Gasteiger partial charge in [0.25, 0.3) is 0 Å². The highest BCUT2D eigenvalue weighted by molar-refractivity contribution is 5.96. The molecule has 2 aliphatic carbocycles. The van der Waals surface area contributed by atoms with Gasteiger partial charge in [-0.25, -0.2) is 0 Å². The number of nitrogens with two attached hydrogens (primary N) is 1. The molecular formula is C32H29NO. The van der Waals surface area contributed by atoms with Gasteiger partial charge in [0.1, 0.15) is 12.4 Å². The topological polar surface area (TPSA) is 35.2 Å². The minimum Gasteiger partial charge on any atom is -0.489 e. The highest BCUT2D eigenvalue weighted by atomic mass is 16.5. The van der Waals surface area contributed by atoms with E-state index in [1.807, 2.05) is 18.2 Å². The quantitative estimate of drug-likeness (QED) is 0.345. The lowest BCUT2D eigenvalue weighted by Gasteiger charge is -2.25. The van der Waals surface area contributed by atoms with Crippen LogP contribution in [-0.4, -0.2) is 0 Å². The van der Waals surface area contributed by atoms with Crippen molar-refractivity contribution >= 4 is 16.3 Å². The molecule has 0 saturated carbocycles. The lowest BCUT2D eigenvalue weighted by molar-refractivity contribution is 0.303. The van der Waals surface area contributed by atoms with Crippen LogP contribution in [0.4, 0.5) is 0 Å². The van der Waals surface area contributed by atoms with E-state index in [9.17, 15) is 0 Å². The van der Waals surface area contributed by atoms with Crippen LogP contribution >= 0.6 is 0 Å². The molecule has 4 aromatic carbocycles. The molecule has 0 fully saturated rings. The Balaban J connectivity index is 1.31. The van der Waals surface area contributed by atoms with Crippen molar-refractivity contribution in [3.63, 3.8) is 0 Å². The van der Waals surface area contributed by atoms with E-state index in [-0.39, 0.29) is 0 Å². The van der Waals surface area contributed by atoms with Crippen LogP contribution in [0.5, 0.6) is 5.75 Å². The van der Waals surface area contributed by atoms with Gasteiger partial charge in [-0.15, -0.1) is 0 Å². The van der Waals surface area contributed by atoms with E-state index in [4.69, 9.17) is 10.5 Å². The fraction of sp³-hybridized carbons (Fsp3) is 0.188. The number of allylic oxidation sites excluding steroid dienone is 4. The number of hydrogen-bond acceptors (Lipinski definition) is 2. The summed E-state index contributed by atoms with van der Waals surface area (Å²) in [5, 5.41) is 2.69. The lowest BCUT2D eigenvalue weighted by atomic mass is 9.79. The maximum absolute atomic E-state index is 6.10. The zero-order valence-corrected chi connectivity index (χ0v) is 19.4. The maximum atomic E-state index is 6.10. The summed E-state index contributed by atoms with van der Waals surface area (Å²) in [6.45, 7) is 0.992. The van der Waals surface area contributed by atoms with Gasteiger partial charge in [-0.2, -0.15) is 0 Å². The van der Waals surface area contributed by atoms with Gasteiger partial charge >= 0.3 is 0 Å². The summed E-state index contributed by atoms with van der Waals surface area (Å²) in [7, 11) is 0. The first-order chi connectivity index (χ1) is 16.8. The Hall–Kier alpha value is -3.62. The number of ether oxygens (including phenoxy) is 1. The van der Waals surface area contributed by atoms with Gasteiger partial charge in [0.15, 0.2) is 0 Å². The first-order valence-electron chi connectivity index (χ1n) is 12.2. The largest absolute Gasteiger partial charge is 0.489 e. The molecule has 0 unspecified atom stereocenters. The van der Waals surface area contributed by atoms with Crippen molar-refractivity contribution in [2.75, 3.05) is 0 Å². The van der Waals surface area contributed by atoms with Crippen molar-refractivity contribution in [2.24, 2.45) is 5.73 Å². The third-order valence-electron chi connectivity index (χ3n) is 7.23. The molecule has 0 bridgehead atoms. The minimum absolute atomic E-state index is 0.448. The number of rotatable bonds is 5. The number of hydrogen-bond donors (Lipinski definition) is 1. The van der Waals surface area contributed by atoms with Crippen LogP contribution in [0.2, 0.25) is 0 Å². The van der Waals surface area contributed by atoms with Crippen LogP contribution in [0.1, 0.15) is 41.5 Å². The summed E-state index contributed by atoms with van der Waals surface area (Å²) in [4.78, 5) is 0. The van der Waals surface area contributed by atoms with Crippen LogP contribution in [-0.2, 0) is 19.6 Å². The molecular weight excluding hydrogens is 414 g/mol. The molecule has 0 saturated heterocycles. The maximum Gasteiger partial charge on any atom is 0.124 e. The zero-order chi connectivity index (χ0) is 22.9. The second-order valence-electron chi connectivity index (χ2n) is 9.29. The third kappa shape index (κ3) is 3.85. The molecule has 0 spiro atoms. The SMILES string of the molecule is NCc1cc(-c2ccc3c4c(ccc3c2)C2=C(CCC=C2)CC4)ccc1OCc1ccccc1. The Kier molecular flexibility index (Phi) is 5.52. The predicted molar refractivity (Wildman–Crippen MR) is 142 cm³/mol. The summed E-state index contributed by atoms with van der Waals surface area (Å²) < 4.78 is 6.09. The average Bonchev–Trinajstić information content (AvgIpc) is 2.91. The Morgan fingerprint density at radius 2 is 1.65 bits per heavy atom. The van der Waals surface area contributed by atoms with E-state index in [1.165, 1.54) is 57.9 Å². The van der Waals surface area contributed by atoms with Crippen LogP contribution in [0.15, 0.2) is 96.6 Å². The van der Waals surface area contributed by atoms with Crippen LogP contribution < -0.4 is 10.5 Å². The second-order valence-corrected chi connectivity index (χ2v) is 9.29. The van der Waals surface area contributed by atoms with Crippen LogP contribution in [0, 0.1) is 0 Å². The molecule has 168 valence electrons. The van der Waals surface area contributed by atoms with Gasteiger partial charge in [0, 0.05) is 12.1 Å². The summed E-state index contributed by atoms with van der Waals surface area (Å²) in [6, 6.07) is 28.1. The summed E-state index contributed by atoms with van der Waals surface area (Å²) in [6.07, 6.45) is 9.40. The lowest BCUT2D eigenvalue weighted by Crippen LogP contribution is -2.07. The van der Waals surface area contributed by atoms with Crippen molar-refractivity contribution in [3.8, 4) is 16.9 Å². The van der Waals surface area contributed by atoms with E-state index in [2.05, 4.69) is 72.8 Å². The molecule has 0 radical (unpaired) electrons. The van der Waals surface area contributed by atoms with Gasteiger partial charge in [-0.1, -0.05) is 78.4 Å². The average molecular weight is 444 g/mol. The Morgan fingerprint density at radius 1 is 0.794 bits per heavy atom. The number of fused-ring (bicyclic) bond motifs is 4. The molecule has 0 amide bonds. The Bertz CT molecular complexity index is 1430. The molecule has 0 aliphatic heterocycles. The van der Waals surface area contributed by atoms with Crippen LogP contribution in [0.3, 0.4) is 0 Å². The van der Waals surface area contributed by atoms with E-state index < -0.39 is 0 Å². The normalized spacial score (nSPS) is 14.7. The molecule has 2 N–H and O–H groups in total. The van der Waals surface area contributed by atoms with Crippen molar-refractivity contribution < 1.29 is 4.74 Å². The van der Waals surface area contributed by atoms with E-state index in [0.717, 1.165) is 23.3 Å². The Morgan fingerprint density at radius 3 is 2.53 bits per heavy atom. The second kappa shape index (κ2) is 8.96. The fourth-order valence-corrected chi connectivity index (χ4v) is 5.42. The van der Waals surface area contributed by atoms with Gasteiger partial charge in [-0.05, 0) is 88.0 Å². The molecule has 6 rings (SSSR count). The molecule has 2 heteroatoms. The first-order valence-corrected chi connectivity index (χ1v) is 12.2. The zero-order valence-electron chi connectivity index (χ0n) is 19.4.